The fourth-order valence-corrected chi connectivity index (χ4v) is 1.67. The van der Waals surface area contributed by atoms with E-state index in [0.29, 0.717) is 0 Å². The van der Waals surface area contributed by atoms with Crippen LogP contribution < -0.4 is 0 Å². The van der Waals surface area contributed by atoms with Gasteiger partial charge in [-0.05, 0) is 0 Å². The third-order valence-electron chi connectivity index (χ3n) is 1.60. The second-order valence-electron chi connectivity index (χ2n) is 2.38. The summed E-state index contributed by atoms with van der Waals surface area (Å²) in [4.78, 5) is 0. The zero-order valence-electron chi connectivity index (χ0n) is 6.24. The normalized spacial score (nSPS) is 14.1. The Balaban J connectivity index is 2.88. The fourth-order valence-electron chi connectivity index (χ4n) is 0.855. The van der Waals surface area contributed by atoms with Crippen molar-refractivity contribution in [3.8, 4) is 0 Å². The van der Waals surface area contributed by atoms with Crippen molar-refractivity contribution in [3.63, 3.8) is 0 Å². The number of halogens is 1. The summed E-state index contributed by atoms with van der Waals surface area (Å²) in [6, 6.07) is 9.61. The molecule has 58 valence electrons. The van der Waals surface area contributed by atoms with Crippen molar-refractivity contribution in [3.05, 3.63) is 35.9 Å². The van der Waals surface area contributed by atoms with E-state index in [9.17, 15) is 4.20 Å². The molecule has 1 aromatic rings. The molecule has 0 aliphatic rings. The molecule has 0 spiro atoms. The van der Waals surface area contributed by atoms with Crippen LogP contribution in [0.3, 0.4) is 0 Å². The van der Waals surface area contributed by atoms with Crippen LogP contribution in [0.4, 0.5) is 4.20 Å². The topological polar surface area (TPSA) is 0 Å². The summed E-state index contributed by atoms with van der Waals surface area (Å²) in [5, 5.41) is 0. The summed E-state index contributed by atoms with van der Waals surface area (Å²) in [5.41, 5.74) is 0.964. The number of rotatable bonds is 1. The van der Waals surface area contributed by atoms with Crippen LogP contribution in [0.1, 0.15) is 18.1 Å². The van der Waals surface area contributed by atoms with Crippen LogP contribution in [-0.2, 0) is 0 Å². The first-order chi connectivity index (χ1) is 5.22. The van der Waals surface area contributed by atoms with Gasteiger partial charge in [-0.3, -0.25) is 0 Å². The summed E-state index contributed by atoms with van der Waals surface area (Å²) in [5.74, 6) is 0. The summed E-state index contributed by atoms with van der Waals surface area (Å²) >= 11 is 0. The molecule has 1 aromatic carbocycles. The number of benzene rings is 1. The molecule has 1 rings (SSSR count). The second-order valence-corrected chi connectivity index (χ2v) is 4.87. The van der Waals surface area contributed by atoms with Gasteiger partial charge in [0.2, 0.25) is 0 Å². The van der Waals surface area contributed by atoms with Gasteiger partial charge in [0.1, 0.15) is 0 Å². The van der Waals surface area contributed by atoms with E-state index in [0.717, 1.165) is 5.56 Å². The molecule has 0 radical (unpaired) electrons. The van der Waals surface area contributed by atoms with Gasteiger partial charge in [-0.15, -0.1) is 0 Å². The molecule has 11 heavy (non-hydrogen) atoms. The maximum atomic E-state index is 12.7. The van der Waals surface area contributed by atoms with Crippen molar-refractivity contribution in [2.24, 2.45) is 0 Å². The monoisotopic (exact) mass is 186 g/mol. The molecule has 0 amide bonds. The van der Waals surface area contributed by atoms with Crippen LogP contribution in [-0.4, -0.2) is 0 Å². The summed E-state index contributed by atoms with van der Waals surface area (Å²) in [6.07, 6.45) is 0. The van der Waals surface area contributed by atoms with Crippen LogP contribution in [0.25, 0.3) is 0 Å². The van der Waals surface area contributed by atoms with Gasteiger partial charge in [-0.2, -0.15) is 0 Å². The van der Waals surface area contributed by atoms with Crippen LogP contribution in [0.15, 0.2) is 30.3 Å². The van der Waals surface area contributed by atoms with Crippen molar-refractivity contribution in [2.75, 3.05) is 0 Å². The Morgan fingerprint density at radius 1 is 1.36 bits per heavy atom. The molecule has 3 heteroatoms. The van der Waals surface area contributed by atoms with E-state index < -0.39 is 7.33 Å². The summed E-state index contributed by atoms with van der Waals surface area (Å²) in [7, 11) is 2.16. The van der Waals surface area contributed by atoms with E-state index in [-0.39, 0.29) is 5.66 Å². The van der Waals surface area contributed by atoms with E-state index >= 15 is 0 Å². The average molecular weight is 186 g/mol. The Morgan fingerprint density at radius 3 is 2.36 bits per heavy atom. The predicted molar refractivity (Wildman–Crippen MR) is 49.8 cm³/mol. The zero-order chi connectivity index (χ0) is 8.27. The molecule has 0 heterocycles. The Morgan fingerprint density at radius 2 is 1.91 bits per heavy atom. The average Bonchev–Trinajstić information content (AvgIpc) is 2.05. The van der Waals surface area contributed by atoms with Gasteiger partial charge in [0.05, 0.1) is 0 Å². The zero-order valence-corrected chi connectivity index (χ0v) is 8.03. The first-order valence-corrected chi connectivity index (χ1v) is 5.86. The summed E-state index contributed by atoms with van der Waals surface area (Å²) < 4.78 is 12.7. The maximum absolute atomic E-state index is 12.7. The van der Waals surface area contributed by atoms with Crippen molar-refractivity contribution < 1.29 is 4.20 Å². The van der Waals surface area contributed by atoms with E-state index in [4.69, 9.17) is 0 Å². The Labute approximate surface area is 69.0 Å². The van der Waals surface area contributed by atoms with Crippen molar-refractivity contribution in [1.29, 1.82) is 0 Å². The van der Waals surface area contributed by atoms with Crippen molar-refractivity contribution >= 4 is 15.7 Å². The Hall–Kier alpha value is -0.120. The van der Waals surface area contributed by atoms with Crippen LogP contribution in [0.5, 0.6) is 0 Å². The van der Waals surface area contributed by atoms with Crippen molar-refractivity contribution in [1.82, 2.24) is 0 Å². The molecule has 2 atom stereocenters. The second kappa shape index (κ2) is 4.04. The summed E-state index contributed by atoms with van der Waals surface area (Å²) in [6.45, 7) is 1.86. The molecular weight excluding hydrogens is 177 g/mol. The molecule has 1 unspecified atom stereocenters. The van der Waals surface area contributed by atoms with Crippen LogP contribution in [0.2, 0.25) is 0 Å². The third kappa shape index (κ3) is 2.43. The molecule has 0 aliphatic heterocycles. The fraction of sp³-hybridized carbons (Fsp3) is 0.250. The molecule has 0 aliphatic carbocycles. The minimum absolute atomic E-state index is 0.0606. The quantitative estimate of drug-likeness (QED) is 0.568. The van der Waals surface area contributed by atoms with Crippen LogP contribution in [0, 0.1) is 0 Å². The Bertz CT molecular complexity index is 286. The first-order valence-electron chi connectivity index (χ1n) is 3.40. The molecule has 0 N–H and O–H groups in total. The minimum atomic E-state index is -1.64. The molecule has 0 fully saturated rings. The van der Waals surface area contributed by atoms with Gasteiger partial charge in [0.15, 0.2) is 0 Å². The van der Waals surface area contributed by atoms with Gasteiger partial charge in [-0.1, -0.05) is 0 Å². The van der Waals surface area contributed by atoms with Crippen LogP contribution >= 0.6 is 15.7 Å². The Kier molecular flexibility index (Phi) is 3.30. The molecule has 0 nitrogen and oxygen atoms in total. The van der Waals surface area contributed by atoms with Gasteiger partial charge >= 0.3 is 68.4 Å². The van der Waals surface area contributed by atoms with E-state index in [1.807, 2.05) is 37.3 Å². The van der Waals surface area contributed by atoms with Gasteiger partial charge in [-0.25, -0.2) is 0 Å². The standard InChI is InChI=1S/C8H9FP2/c1-7(11(9)10)8-5-3-2-4-6-8/h2-7H,1H3/t7-/m1/s1. The molecule has 0 saturated heterocycles. The number of hydrogen-bond acceptors (Lipinski definition) is 0. The molecule has 0 saturated carbocycles. The van der Waals surface area contributed by atoms with Gasteiger partial charge in [0.25, 0.3) is 0 Å². The predicted octanol–water partition coefficient (Wildman–Crippen LogP) is 4.44. The first kappa shape index (κ1) is 8.97. The van der Waals surface area contributed by atoms with Crippen molar-refractivity contribution in [2.45, 2.75) is 12.6 Å². The van der Waals surface area contributed by atoms with Gasteiger partial charge < -0.3 is 0 Å². The number of hydrogen-bond donors (Lipinski definition) is 0. The SMILES string of the molecule is C[C@H](c1ccccc1)P(F)#P. The molecule has 0 bridgehead atoms. The van der Waals surface area contributed by atoms with E-state index in [2.05, 4.69) is 8.34 Å². The molecule has 0 aromatic heterocycles. The molecular formula is C8H9FP2. The van der Waals surface area contributed by atoms with E-state index in [1.165, 1.54) is 0 Å². The van der Waals surface area contributed by atoms with E-state index in [1.54, 1.807) is 0 Å². The third-order valence-corrected chi connectivity index (χ3v) is 3.58. The van der Waals surface area contributed by atoms with Gasteiger partial charge in [0, 0.05) is 0 Å².